The van der Waals surface area contributed by atoms with E-state index in [1.807, 2.05) is 0 Å². The number of amides is 1. The molecule has 2 unspecified atom stereocenters. The summed E-state index contributed by atoms with van der Waals surface area (Å²) in [5.41, 5.74) is 0.606. The Balaban J connectivity index is 0.00000288. The molecule has 1 heterocycles. The Bertz CT molecular complexity index is 516. The van der Waals surface area contributed by atoms with Crippen molar-refractivity contribution in [1.29, 1.82) is 0 Å². The maximum absolute atomic E-state index is 12.1. The van der Waals surface area contributed by atoms with Crippen LogP contribution in [0.2, 0.25) is 10.0 Å². The highest BCUT2D eigenvalue weighted by Crippen LogP contribution is 2.25. The fraction of sp³-hybridized carbons (Fsp3) is 0.588. The third kappa shape index (κ3) is 6.77. The van der Waals surface area contributed by atoms with E-state index in [9.17, 15) is 9.90 Å². The molecule has 4 nitrogen and oxygen atoms in total. The van der Waals surface area contributed by atoms with Gasteiger partial charge in [-0.05, 0) is 61.5 Å². The van der Waals surface area contributed by atoms with Crippen LogP contribution < -0.4 is 10.6 Å². The number of carbonyl (C=O) groups is 1. The molecule has 3 N–H and O–H groups in total. The number of piperidine rings is 1. The third-order valence-electron chi connectivity index (χ3n) is 4.46. The highest BCUT2D eigenvalue weighted by molar-refractivity contribution is 6.34. The molecule has 0 radical (unpaired) electrons. The highest BCUT2D eigenvalue weighted by atomic mass is 35.5. The number of rotatable bonds is 6. The molecule has 2 atom stereocenters. The Labute approximate surface area is 159 Å². The molecular formula is C17H25Cl3N2O2. The second-order valence-corrected chi connectivity index (χ2v) is 7.16. The van der Waals surface area contributed by atoms with Crippen molar-refractivity contribution < 1.29 is 9.90 Å². The second kappa shape index (κ2) is 10.5. The molecular weight excluding hydrogens is 371 g/mol. The van der Waals surface area contributed by atoms with Crippen LogP contribution in [0.25, 0.3) is 0 Å². The second-order valence-electron chi connectivity index (χ2n) is 6.29. The Hall–Kier alpha value is -0.520. The summed E-state index contributed by atoms with van der Waals surface area (Å²) in [5, 5.41) is 17.2. The van der Waals surface area contributed by atoms with Gasteiger partial charge in [-0.15, -0.1) is 12.4 Å². The summed E-state index contributed by atoms with van der Waals surface area (Å²) in [6.07, 6.45) is 1.92. The monoisotopic (exact) mass is 394 g/mol. The lowest BCUT2D eigenvalue weighted by atomic mass is 9.84. The van der Waals surface area contributed by atoms with E-state index in [0.717, 1.165) is 25.9 Å². The summed E-state index contributed by atoms with van der Waals surface area (Å²) in [6.45, 7) is 4.35. The first-order chi connectivity index (χ1) is 11.0. The summed E-state index contributed by atoms with van der Waals surface area (Å²) in [7, 11) is 0. The number of benzene rings is 1. The van der Waals surface area contributed by atoms with Gasteiger partial charge in [0.15, 0.2) is 0 Å². The van der Waals surface area contributed by atoms with Crippen LogP contribution in [0.1, 0.15) is 37.9 Å². The minimum Gasteiger partial charge on any atom is -0.387 e. The van der Waals surface area contributed by atoms with Gasteiger partial charge < -0.3 is 15.7 Å². The summed E-state index contributed by atoms with van der Waals surface area (Å²) in [4.78, 5) is 12.1. The van der Waals surface area contributed by atoms with Crippen molar-refractivity contribution in [3.63, 3.8) is 0 Å². The van der Waals surface area contributed by atoms with E-state index in [0.29, 0.717) is 33.9 Å². The standard InChI is InChI=1S/C17H24Cl2N2O2.ClH/c1-11(12-2-4-20-5-3-12)6-17(23)21-10-16(22)13-7-14(18)9-15(19)8-13;/h7-9,11-12,16,20,22H,2-6,10H2,1H3,(H,21,23);1H. The molecule has 0 bridgehead atoms. The van der Waals surface area contributed by atoms with Crippen LogP contribution in [0.15, 0.2) is 18.2 Å². The number of nitrogens with one attached hydrogen (secondary N) is 2. The minimum absolute atomic E-state index is 0. The largest absolute Gasteiger partial charge is 0.387 e. The normalized spacial score (nSPS) is 17.7. The van der Waals surface area contributed by atoms with Gasteiger partial charge in [0.05, 0.1) is 6.10 Å². The third-order valence-corrected chi connectivity index (χ3v) is 4.89. The number of carbonyl (C=O) groups excluding carboxylic acids is 1. The van der Waals surface area contributed by atoms with E-state index < -0.39 is 6.10 Å². The van der Waals surface area contributed by atoms with Gasteiger partial charge in [0, 0.05) is 23.0 Å². The molecule has 1 saturated heterocycles. The number of hydrogen-bond donors (Lipinski definition) is 3. The first-order valence-corrected chi connectivity index (χ1v) is 8.82. The number of halogens is 3. The lowest BCUT2D eigenvalue weighted by Crippen LogP contribution is -2.34. The summed E-state index contributed by atoms with van der Waals surface area (Å²) < 4.78 is 0. The summed E-state index contributed by atoms with van der Waals surface area (Å²) >= 11 is 11.8. The van der Waals surface area contributed by atoms with Crippen LogP contribution in [-0.2, 0) is 4.79 Å². The Morgan fingerprint density at radius 1 is 1.29 bits per heavy atom. The van der Waals surface area contributed by atoms with Gasteiger partial charge in [-0.2, -0.15) is 0 Å². The molecule has 0 spiro atoms. The molecule has 1 fully saturated rings. The van der Waals surface area contributed by atoms with Gasteiger partial charge in [-0.25, -0.2) is 0 Å². The van der Waals surface area contributed by atoms with Gasteiger partial charge in [0.2, 0.25) is 5.91 Å². The molecule has 2 rings (SSSR count). The molecule has 1 aliphatic heterocycles. The van der Waals surface area contributed by atoms with E-state index in [4.69, 9.17) is 23.2 Å². The van der Waals surface area contributed by atoms with Crippen LogP contribution in [-0.4, -0.2) is 30.6 Å². The minimum atomic E-state index is -0.815. The average molecular weight is 396 g/mol. The lowest BCUT2D eigenvalue weighted by molar-refractivity contribution is -0.122. The van der Waals surface area contributed by atoms with Gasteiger partial charge in [-0.3, -0.25) is 4.79 Å². The van der Waals surface area contributed by atoms with Gasteiger partial charge in [0.1, 0.15) is 0 Å². The van der Waals surface area contributed by atoms with E-state index in [2.05, 4.69) is 17.6 Å². The maximum atomic E-state index is 12.1. The van der Waals surface area contributed by atoms with Crippen molar-refractivity contribution in [1.82, 2.24) is 10.6 Å². The van der Waals surface area contributed by atoms with E-state index >= 15 is 0 Å². The molecule has 1 aliphatic rings. The van der Waals surface area contributed by atoms with Gasteiger partial charge in [-0.1, -0.05) is 30.1 Å². The van der Waals surface area contributed by atoms with Crippen molar-refractivity contribution in [3.05, 3.63) is 33.8 Å². The van der Waals surface area contributed by atoms with Crippen molar-refractivity contribution in [3.8, 4) is 0 Å². The van der Waals surface area contributed by atoms with E-state index in [1.54, 1.807) is 18.2 Å². The van der Waals surface area contributed by atoms with Gasteiger partial charge in [0.25, 0.3) is 0 Å². The molecule has 0 aromatic heterocycles. The van der Waals surface area contributed by atoms with Crippen LogP contribution in [0, 0.1) is 11.8 Å². The van der Waals surface area contributed by atoms with Crippen molar-refractivity contribution >= 4 is 41.5 Å². The molecule has 7 heteroatoms. The first kappa shape index (κ1) is 21.5. The topological polar surface area (TPSA) is 61.4 Å². The molecule has 136 valence electrons. The van der Waals surface area contributed by atoms with E-state index in [-0.39, 0.29) is 24.9 Å². The van der Waals surface area contributed by atoms with Crippen molar-refractivity contribution in [2.24, 2.45) is 11.8 Å². The predicted octanol–water partition coefficient (Wildman–Crippen LogP) is 3.59. The number of aliphatic hydroxyl groups is 1. The van der Waals surface area contributed by atoms with Crippen LogP contribution >= 0.6 is 35.6 Å². The summed E-state index contributed by atoms with van der Waals surface area (Å²) in [6, 6.07) is 4.92. The van der Waals surface area contributed by atoms with Gasteiger partial charge >= 0.3 is 0 Å². The fourth-order valence-corrected chi connectivity index (χ4v) is 3.58. The SMILES string of the molecule is CC(CC(=O)NCC(O)c1cc(Cl)cc(Cl)c1)C1CCNCC1.Cl. The quantitative estimate of drug-likeness (QED) is 0.690. The Kier molecular flexibility index (Phi) is 9.39. The number of aliphatic hydroxyl groups excluding tert-OH is 1. The highest BCUT2D eigenvalue weighted by Gasteiger charge is 2.22. The molecule has 1 aromatic carbocycles. The zero-order valence-corrected chi connectivity index (χ0v) is 16.1. The zero-order valence-electron chi connectivity index (χ0n) is 13.7. The predicted molar refractivity (Wildman–Crippen MR) is 101 cm³/mol. The molecule has 0 aliphatic carbocycles. The average Bonchev–Trinajstić information content (AvgIpc) is 2.52. The smallest absolute Gasteiger partial charge is 0.220 e. The molecule has 0 saturated carbocycles. The molecule has 1 aromatic rings. The first-order valence-electron chi connectivity index (χ1n) is 8.07. The van der Waals surface area contributed by atoms with Crippen LogP contribution in [0.5, 0.6) is 0 Å². The maximum Gasteiger partial charge on any atom is 0.220 e. The number of hydrogen-bond acceptors (Lipinski definition) is 3. The zero-order chi connectivity index (χ0) is 16.8. The van der Waals surface area contributed by atoms with Crippen molar-refractivity contribution in [2.75, 3.05) is 19.6 Å². The molecule has 24 heavy (non-hydrogen) atoms. The van der Waals surface area contributed by atoms with E-state index in [1.165, 1.54) is 0 Å². The van der Waals surface area contributed by atoms with Crippen LogP contribution in [0.4, 0.5) is 0 Å². The summed E-state index contributed by atoms with van der Waals surface area (Å²) in [5.74, 6) is 0.928. The fourth-order valence-electron chi connectivity index (χ4n) is 3.04. The van der Waals surface area contributed by atoms with Crippen molar-refractivity contribution in [2.45, 2.75) is 32.3 Å². The lowest BCUT2D eigenvalue weighted by Gasteiger charge is -2.28. The Morgan fingerprint density at radius 2 is 1.88 bits per heavy atom. The van der Waals surface area contributed by atoms with Crippen LogP contribution in [0.3, 0.4) is 0 Å². The Morgan fingerprint density at radius 3 is 2.46 bits per heavy atom. The molecule has 1 amide bonds.